The first-order chi connectivity index (χ1) is 17.9. The van der Waals surface area contributed by atoms with Gasteiger partial charge in [-0.05, 0) is 60.0 Å². The van der Waals surface area contributed by atoms with Crippen LogP contribution in [0.15, 0.2) is 133 Å². The number of para-hydroxylation sites is 3. The first-order valence-corrected chi connectivity index (χ1v) is 12.0. The quantitative estimate of drug-likeness (QED) is 0.247. The molecule has 0 saturated heterocycles. The van der Waals surface area contributed by atoms with Crippen molar-refractivity contribution < 1.29 is 0 Å². The topological polar surface area (TPSA) is 33.4 Å². The molecule has 2 heterocycles. The molecule has 5 aromatic carbocycles. The van der Waals surface area contributed by atoms with E-state index in [1.54, 1.807) is 0 Å². The molecule has 0 aliphatic heterocycles. The van der Waals surface area contributed by atoms with Crippen LogP contribution in [0.3, 0.4) is 0 Å². The first-order valence-electron chi connectivity index (χ1n) is 12.0. The first kappa shape index (κ1) is 20.4. The minimum atomic E-state index is 0.837. The largest absolute Gasteiger partial charge is 0.311 e. The van der Waals surface area contributed by atoms with Crippen LogP contribution in [-0.4, -0.2) is 14.6 Å². The van der Waals surface area contributed by atoms with E-state index in [0.717, 1.165) is 45.0 Å². The normalized spacial score (nSPS) is 11.3. The number of nitrogens with zero attached hydrogens (tertiary/aromatic N) is 4. The fourth-order valence-corrected chi connectivity index (χ4v) is 5.04. The Morgan fingerprint density at radius 1 is 0.444 bits per heavy atom. The summed E-state index contributed by atoms with van der Waals surface area (Å²) in [5.41, 5.74) is 6.31. The van der Waals surface area contributed by atoms with Gasteiger partial charge in [-0.2, -0.15) is 0 Å². The standard InChI is InChI=1S/C32H22N4/c1-3-11-24(12-4-1)35(25-13-5-2-6-14-25)26-21-19-23(20-22-26)31-33-34-32-29-17-8-7-15-27(29)28-16-9-10-18-30(28)36(31)32/h1-22H. The van der Waals surface area contributed by atoms with Crippen LogP contribution < -0.4 is 4.90 Å². The van der Waals surface area contributed by atoms with E-state index >= 15 is 0 Å². The average Bonchev–Trinajstić information content (AvgIpc) is 3.41. The number of anilines is 3. The van der Waals surface area contributed by atoms with E-state index in [1.807, 2.05) is 12.1 Å². The zero-order valence-corrected chi connectivity index (χ0v) is 19.5. The van der Waals surface area contributed by atoms with Gasteiger partial charge in [0.15, 0.2) is 11.5 Å². The lowest BCUT2D eigenvalue weighted by Gasteiger charge is -2.25. The monoisotopic (exact) mass is 462 g/mol. The molecule has 4 heteroatoms. The Morgan fingerprint density at radius 2 is 0.972 bits per heavy atom. The molecular weight excluding hydrogens is 440 g/mol. The zero-order valence-electron chi connectivity index (χ0n) is 19.5. The molecule has 7 aromatic rings. The van der Waals surface area contributed by atoms with Crippen molar-refractivity contribution >= 4 is 44.4 Å². The lowest BCUT2D eigenvalue weighted by atomic mass is 10.1. The molecule has 4 nitrogen and oxygen atoms in total. The molecule has 0 aliphatic rings. The van der Waals surface area contributed by atoms with Crippen molar-refractivity contribution in [3.63, 3.8) is 0 Å². The number of fused-ring (bicyclic) bond motifs is 6. The summed E-state index contributed by atoms with van der Waals surface area (Å²) < 4.78 is 2.18. The lowest BCUT2D eigenvalue weighted by molar-refractivity contribution is 1.12. The smallest absolute Gasteiger partial charge is 0.169 e. The second-order valence-corrected chi connectivity index (χ2v) is 8.80. The molecule has 0 amide bonds. The summed E-state index contributed by atoms with van der Waals surface area (Å²) in [6.07, 6.45) is 0. The predicted octanol–water partition coefficient (Wildman–Crippen LogP) is 8.17. The molecule has 0 unspecified atom stereocenters. The maximum Gasteiger partial charge on any atom is 0.169 e. The summed E-state index contributed by atoms with van der Waals surface area (Å²) in [5, 5.41) is 12.8. The van der Waals surface area contributed by atoms with Gasteiger partial charge >= 0.3 is 0 Å². The Labute approximate surface area is 208 Å². The highest BCUT2D eigenvalue weighted by atomic mass is 15.2. The second-order valence-electron chi connectivity index (χ2n) is 8.80. The van der Waals surface area contributed by atoms with Crippen molar-refractivity contribution in [2.75, 3.05) is 4.90 Å². The van der Waals surface area contributed by atoms with Gasteiger partial charge in [-0.1, -0.05) is 78.9 Å². The number of hydrogen-bond acceptors (Lipinski definition) is 3. The van der Waals surface area contributed by atoms with Crippen LogP contribution in [0, 0.1) is 0 Å². The van der Waals surface area contributed by atoms with Crippen LogP contribution in [-0.2, 0) is 0 Å². The molecule has 0 bridgehead atoms. The molecule has 0 aliphatic carbocycles. The molecule has 0 fully saturated rings. The van der Waals surface area contributed by atoms with Gasteiger partial charge in [0.1, 0.15) is 0 Å². The Hall–Kier alpha value is -4.96. The van der Waals surface area contributed by atoms with E-state index in [9.17, 15) is 0 Å². The van der Waals surface area contributed by atoms with Crippen molar-refractivity contribution in [1.82, 2.24) is 14.6 Å². The number of benzene rings is 5. The Balaban J connectivity index is 1.40. The molecule has 170 valence electrons. The van der Waals surface area contributed by atoms with Gasteiger partial charge in [0, 0.05) is 33.4 Å². The Bertz CT molecular complexity index is 1780. The van der Waals surface area contributed by atoms with Crippen LogP contribution in [0.1, 0.15) is 0 Å². The van der Waals surface area contributed by atoms with E-state index in [4.69, 9.17) is 0 Å². The molecule has 7 rings (SSSR count). The van der Waals surface area contributed by atoms with Crippen molar-refractivity contribution in [2.24, 2.45) is 0 Å². The number of hydrogen-bond donors (Lipinski definition) is 0. The molecule has 2 aromatic heterocycles. The van der Waals surface area contributed by atoms with Crippen molar-refractivity contribution in [3.8, 4) is 11.4 Å². The summed E-state index contributed by atoms with van der Waals surface area (Å²) in [6.45, 7) is 0. The van der Waals surface area contributed by atoms with Gasteiger partial charge in [0.05, 0.1) is 5.52 Å². The summed E-state index contributed by atoms with van der Waals surface area (Å²) in [7, 11) is 0. The molecule has 0 spiro atoms. The summed E-state index contributed by atoms with van der Waals surface area (Å²) >= 11 is 0. The van der Waals surface area contributed by atoms with Crippen LogP contribution in [0.25, 0.3) is 38.7 Å². The molecule has 0 atom stereocenters. The van der Waals surface area contributed by atoms with Gasteiger partial charge in [0.2, 0.25) is 0 Å². The number of pyridine rings is 1. The van der Waals surface area contributed by atoms with Gasteiger partial charge in [-0.25, -0.2) is 0 Å². The highest BCUT2D eigenvalue weighted by molar-refractivity contribution is 6.12. The highest BCUT2D eigenvalue weighted by Gasteiger charge is 2.17. The SMILES string of the molecule is c1ccc(N(c2ccccc2)c2ccc(-c3nnc4c5ccccc5c5ccccc5n34)cc2)cc1. The fourth-order valence-electron chi connectivity index (χ4n) is 5.04. The van der Waals surface area contributed by atoms with E-state index in [2.05, 4.69) is 141 Å². The third-order valence-electron chi connectivity index (χ3n) is 6.68. The van der Waals surface area contributed by atoms with Crippen LogP contribution in [0.4, 0.5) is 17.1 Å². The van der Waals surface area contributed by atoms with Crippen molar-refractivity contribution in [1.29, 1.82) is 0 Å². The van der Waals surface area contributed by atoms with Gasteiger partial charge in [-0.3, -0.25) is 4.40 Å². The molecular formula is C32H22N4. The van der Waals surface area contributed by atoms with E-state index in [1.165, 1.54) is 10.8 Å². The van der Waals surface area contributed by atoms with Crippen molar-refractivity contribution in [2.45, 2.75) is 0 Å². The van der Waals surface area contributed by atoms with Crippen LogP contribution in [0.5, 0.6) is 0 Å². The lowest BCUT2D eigenvalue weighted by Crippen LogP contribution is -2.09. The molecule has 0 radical (unpaired) electrons. The van der Waals surface area contributed by atoms with Crippen LogP contribution in [0.2, 0.25) is 0 Å². The van der Waals surface area contributed by atoms with Gasteiger partial charge in [-0.15, -0.1) is 10.2 Å². The van der Waals surface area contributed by atoms with E-state index in [0.29, 0.717) is 0 Å². The van der Waals surface area contributed by atoms with Crippen molar-refractivity contribution in [3.05, 3.63) is 133 Å². The molecule has 0 saturated carbocycles. The Morgan fingerprint density at radius 3 is 1.64 bits per heavy atom. The maximum atomic E-state index is 4.66. The number of aromatic nitrogens is 3. The van der Waals surface area contributed by atoms with E-state index < -0.39 is 0 Å². The summed E-state index contributed by atoms with van der Waals surface area (Å²) in [6, 6.07) is 46.3. The molecule has 0 N–H and O–H groups in total. The third kappa shape index (κ3) is 3.23. The average molecular weight is 463 g/mol. The summed E-state index contributed by atoms with van der Waals surface area (Å²) in [5.74, 6) is 0.837. The predicted molar refractivity (Wildman–Crippen MR) is 148 cm³/mol. The third-order valence-corrected chi connectivity index (χ3v) is 6.68. The minimum absolute atomic E-state index is 0.837. The number of rotatable bonds is 4. The molecule has 36 heavy (non-hydrogen) atoms. The van der Waals surface area contributed by atoms with E-state index in [-0.39, 0.29) is 0 Å². The zero-order chi connectivity index (χ0) is 23.9. The van der Waals surface area contributed by atoms with Gasteiger partial charge in [0.25, 0.3) is 0 Å². The Kier molecular flexibility index (Phi) is 4.74. The van der Waals surface area contributed by atoms with Gasteiger partial charge < -0.3 is 4.90 Å². The highest BCUT2D eigenvalue weighted by Crippen LogP contribution is 2.36. The van der Waals surface area contributed by atoms with Crippen LogP contribution >= 0.6 is 0 Å². The second kappa shape index (κ2) is 8.36. The summed E-state index contributed by atoms with van der Waals surface area (Å²) in [4.78, 5) is 2.26. The maximum absolute atomic E-state index is 4.66. The fraction of sp³-hybridized carbons (Fsp3) is 0. The minimum Gasteiger partial charge on any atom is -0.311 e.